The number of nitrogens with zero attached hydrogens (tertiary/aromatic N) is 2. The molecule has 1 heterocycles. The van der Waals surface area contributed by atoms with Gasteiger partial charge in [-0.15, -0.1) is 0 Å². The zero-order valence-electron chi connectivity index (χ0n) is 13.1. The minimum atomic E-state index is 0.492. The number of hydrogen-bond donors (Lipinski definition) is 1. The van der Waals surface area contributed by atoms with E-state index in [0.29, 0.717) is 6.04 Å². The van der Waals surface area contributed by atoms with Crippen molar-refractivity contribution in [2.75, 3.05) is 6.54 Å². The average molecular weight is 350 g/mol. The first-order valence-corrected chi connectivity index (χ1v) is 8.33. The van der Waals surface area contributed by atoms with Gasteiger partial charge in [0.25, 0.3) is 0 Å². The van der Waals surface area contributed by atoms with Crippen molar-refractivity contribution in [2.45, 2.75) is 46.2 Å². The normalized spacial score (nSPS) is 12.6. The van der Waals surface area contributed by atoms with Gasteiger partial charge in [-0.25, -0.2) is 0 Å². The number of rotatable bonds is 7. The lowest BCUT2D eigenvalue weighted by atomic mass is 10.1. The van der Waals surface area contributed by atoms with Gasteiger partial charge < -0.3 is 5.32 Å². The molecule has 1 unspecified atom stereocenters. The van der Waals surface area contributed by atoms with E-state index in [4.69, 9.17) is 0 Å². The monoisotopic (exact) mass is 349 g/mol. The molecular weight excluding hydrogens is 326 g/mol. The van der Waals surface area contributed by atoms with Crippen LogP contribution in [0.3, 0.4) is 0 Å². The maximum Gasteiger partial charge on any atom is 0.0596 e. The van der Waals surface area contributed by atoms with Crippen molar-refractivity contribution in [1.82, 2.24) is 15.1 Å². The third-order valence-corrected chi connectivity index (χ3v) is 4.13. The van der Waals surface area contributed by atoms with Crippen LogP contribution in [-0.4, -0.2) is 22.4 Å². The number of aromatic nitrogens is 2. The van der Waals surface area contributed by atoms with Crippen LogP contribution < -0.4 is 5.32 Å². The second-order valence-electron chi connectivity index (χ2n) is 5.69. The van der Waals surface area contributed by atoms with Crippen molar-refractivity contribution in [3.63, 3.8) is 0 Å². The Morgan fingerprint density at radius 1 is 1.24 bits per heavy atom. The fourth-order valence-corrected chi connectivity index (χ4v) is 2.79. The van der Waals surface area contributed by atoms with Gasteiger partial charge in [0.1, 0.15) is 0 Å². The molecule has 0 aliphatic rings. The van der Waals surface area contributed by atoms with Gasteiger partial charge in [0.15, 0.2) is 0 Å². The molecular formula is C17H24BrN3. The summed E-state index contributed by atoms with van der Waals surface area (Å²) in [5.41, 5.74) is 3.72. The SMILES string of the molecule is Cc1cc(C)n(CCCNC(C)Cc2ccc(Br)cc2)n1. The third-order valence-electron chi connectivity index (χ3n) is 3.60. The van der Waals surface area contributed by atoms with E-state index in [-0.39, 0.29) is 0 Å². The second kappa shape index (κ2) is 7.76. The Morgan fingerprint density at radius 2 is 1.95 bits per heavy atom. The number of halogens is 1. The molecule has 0 aliphatic heterocycles. The summed E-state index contributed by atoms with van der Waals surface area (Å²) in [4.78, 5) is 0. The maximum atomic E-state index is 4.49. The van der Waals surface area contributed by atoms with Crippen LogP contribution in [-0.2, 0) is 13.0 Å². The largest absolute Gasteiger partial charge is 0.314 e. The molecule has 1 aromatic carbocycles. The van der Waals surface area contributed by atoms with Gasteiger partial charge in [-0.3, -0.25) is 4.68 Å². The highest BCUT2D eigenvalue weighted by atomic mass is 79.9. The average Bonchev–Trinajstić information content (AvgIpc) is 2.76. The highest BCUT2D eigenvalue weighted by Crippen LogP contribution is 2.11. The van der Waals surface area contributed by atoms with E-state index in [1.165, 1.54) is 11.3 Å². The molecule has 1 atom stereocenters. The summed E-state index contributed by atoms with van der Waals surface area (Å²) in [5.74, 6) is 0. The molecule has 0 spiro atoms. The molecule has 21 heavy (non-hydrogen) atoms. The summed E-state index contributed by atoms with van der Waals surface area (Å²) in [5, 5.41) is 8.08. The summed E-state index contributed by atoms with van der Waals surface area (Å²) in [7, 11) is 0. The van der Waals surface area contributed by atoms with Gasteiger partial charge >= 0.3 is 0 Å². The summed E-state index contributed by atoms with van der Waals surface area (Å²) in [6, 6.07) is 11.2. The summed E-state index contributed by atoms with van der Waals surface area (Å²) >= 11 is 3.47. The fourth-order valence-electron chi connectivity index (χ4n) is 2.52. The standard InChI is InChI=1S/C17H24BrN3/c1-13(12-16-5-7-17(18)8-6-16)19-9-4-10-21-15(3)11-14(2)20-21/h5-8,11,13,19H,4,9-10,12H2,1-3H3. The van der Waals surface area contributed by atoms with Crippen LogP contribution >= 0.6 is 15.9 Å². The van der Waals surface area contributed by atoms with E-state index in [1.807, 2.05) is 6.92 Å². The molecule has 0 aliphatic carbocycles. The van der Waals surface area contributed by atoms with Gasteiger partial charge in [0.05, 0.1) is 5.69 Å². The quantitative estimate of drug-likeness (QED) is 0.768. The van der Waals surface area contributed by atoms with E-state index in [0.717, 1.165) is 36.1 Å². The number of nitrogens with one attached hydrogen (secondary N) is 1. The van der Waals surface area contributed by atoms with Crippen molar-refractivity contribution >= 4 is 15.9 Å². The molecule has 3 nitrogen and oxygen atoms in total. The van der Waals surface area contributed by atoms with E-state index < -0.39 is 0 Å². The second-order valence-corrected chi connectivity index (χ2v) is 6.61. The molecule has 1 aromatic heterocycles. The number of aryl methyl sites for hydroxylation is 3. The number of hydrogen-bond acceptors (Lipinski definition) is 2. The Bertz CT molecular complexity index is 560. The summed E-state index contributed by atoms with van der Waals surface area (Å²) < 4.78 is 3.23. The van der Waals surface area contributed by atoms with E-state index in [2.05, 4.69) is 75.2 Å². The van der Waals surface area contributed by atoms with E-state index in [9.17, 15) is 0 Å². The van der Waals surface area contributed by atoms with Crippen LogP contribution in [0.2, 0.25) is 0 Å². The van der Waals surface area contributed by atoms with E-state index >= 15 is 0 Å². The molecule has 0 bridgehead atoms. The van der Waals surface area contributed by atoms with Crippen LogP contribution in [0.15, 0.2) is 34.8 Å². The fraction of sp³-hybridized carbons (Fsp3) is 0.471. The van der Waals surface area contributed by atoms with Crippen LogP contribution in [0.4, 0.5) is 0 Å². The molecule has 114 valence electrons. The predicted molar refractivity (Wildman–Crippen MR) is 91.6 cm³/mol. The summed E-state index contributed by atoms with van der Waals surface area (Å²) in [6.45, 7) is 8.41. The number of benzene rings is 1. The Labute approximate surface area is 135 Å². The van der Waals surface area contributed by atoms with Gasteiger partial charge in [-0.1, -0.05) is 28.1 Å². The lowest BCUT2D eigenvalue weighted by Gasteiger charge is -2.14. The van der Waals surface area contributed by atoms with Gasteiger partial charge in [-0.2, -0.15) is 5.10 Å². The van der Waals surface area contributed by atoms with Crippen LogP contribution in [0.25, 0.3) is 0 Å². The molecule has 1 N–H and O–H groups in total. The van der Waals surface area contributed by atoms with Crippen LogP contribution in [0.1, 0.15) is 30.3 Å². The smallest absolute Gasteiger partial charge is 0.0596 e. The minimum Gasteiger partial charge on any atom is -0.314 e. The zero-order chi connectivity index (χ0) is 15.2. The lowest BCUT2D eigenvalue weighted by molar-refractivity contribution is 0.489. The Hall–Kier alpha value is -1.13. The topological polar surface area (TPSA) is 29.9 Å². The predicted octanol–water partition coefficient (Wildman–Crippen LogP) is 3.87. The van der Waals surface area contributed by atoms with E-state index in [1.54, 1.807) is 0 Å². The molecule has 0 fully saturated rings. The van der Waals surface area contributed by atoms with Gasteiger partial charge in [0.2, 0.25) is 0 Å². The lowest BCUT2D eigenvalue weighted by Crippen LogP contribution is -2.29. The van der Waals surface area contributed by atoms with Gasteiger partial charge in [-0.05, 0) is 63.9 Å². The molecule has 0 radical (unpaired) electrons. The maximum absolute atomic E-state index is 4.49. The van der Waals surface area contributed by atoms with Gasteiger partial charge in [0, 0.05) is 22.8 Å². The first-order chi connectivity index (χ1) is 10.0. The van der Waals surface area contributed by atoms with Crippen molar-refractivity contribution in [3.05, 3.63) is 51.8 Å². The van der Waals surface area contributed by atoms with Crippen LogP contribution in [0.5, 0.6) is 0 Å². The third kappa shape index (κ3) is 5.29. The summed E-state index contributed by atoms with van der Waals surface area (Å²) in [6.07, 6.45) is 2.17. The van der Waals surface area contributed by atoms with Crippen molar-refractivity contribution < 1.29 is 0 Å². The zero-order valence-corrected chi connectivity index (χ0v) is 14.7. The Morgan fingerprint density at radius 3 is 2.57 bits per heavy atom. The van der Waals surface area contributed by atoms with Crippen LogP contribution in [0, 0.1) is 13.8 Å². The highest BCUT2D eigenvalue weighted by molar-refractivity contribution is 9.10. The Balaban J connectivity index is 1.68. The molecule has 0 saturated heterocycles. The molecule has 0 saturated carbocycles. The Kier molecular flexibility index (Phi) is 6.00. The molecule has 0 amide bonds. The first-order valence-electron chi connectivity index (χ1n) is 7.53. The van der Waals surface area contributed by atoms with Crippen molar-refractivity contribution in [1.29, 1.82) is 0 Å². The minimum absolute atomic E-state index is 0.492. The molecule has 4 heteroatoms. The molecule has 2 aromatic rings. The molecule has 2 rings (SSSR count). The van der Waals surface area contributed by atoms with Crippen molar-refractivity contribution in [3.8, 4) is 0 Å². The van der Waals surface area contributed by atoms with Crippen molar-refractivity contribution in [2.24, 2.45) is 0 Å². The highest BCUT2D eigenvalue weighted by Gasteiger charge is 2.04. The first kappa shape index (κ1) is 16.2.